The van der Waals surface area contributed by atoms with Crippen LogP contribution in [-0.4, -0.2) is 35.3 Å². The molecule has 2 heterocycles. The van der Waals surface area contributed by atoms with Crippen molar-refractivity contribution in [1.82, 2.24) is 14.4 Å². The molecule has 5 nitrogen and oxygen atoms in total. The summed E-state index contributed by atoms with van der Waals surface area (Å²) in [5.74, 6) is 1.47. The number of nitrogens with two attached hydrogens (primary N) is 1. The normalized spacial score (nSPS) is 10.9. The molecule has 0 aliphatic heterocycles. The van der Waals surface area contributed by atoms with Crippen LogP contribution >= 0.6 is 0 Å². The minimum Gasteiger partial charge on any atom is -0.382 e. The average Bonchev–Trinajstić information content (AvgIpc) is 2.60. The number of hydrogen-bond donors (Lipinski definition) is 1. The van der Waals surface area contributed by atoms with Gasteiger partial charge in [-0.3, -0.25) is 4.40 Å². The average molecular weight is 217 g/mol. The van der Waals surface area contributed by atoms with Crippen molar-refractivity contribution in [3.63, 3.8) is 0 Å². The molecule has 2 rings (SSSR count). The highest BCUT2D eigenvalue weighted by atomic mass is 15.3. The second-order valence-corrected chi connectivity index (χ2v) is 3.70. The molecule has 0 aromatic carbocycles. The number of fused-ring (bicyclic) bond motifs is 1. The van der Waals surface area contributed by atoms with Crippen molar-refractivity contribution >= 4 is 30.7 Å². The Morgan fingerprint density at radius 3 is 2.75 bits per heavy atom. The SMILES string of the molecule is Bc1nc(N(CC)CC)n2ccnc(N)c12. The molecule has 0 fully saturated rings. The van der Waals surface area contributed by atoms with Gasteiger partial charge in [0.15, 0.2) is 7.85 Å². The van der Waals surface area contributed by atoms with Crippen LogP contribution in [0.2, 0.25) is 0 Å². The zero-order chi connectivity index (χ0) is 11.7. The Morgan fingerprint density at radius 2 is 2.12 bits per heavy atom. The van der Waals surface area contributed by atoms with Crippen LogP contribution in [0, 0.1) is 0 Å². The zero-order valence-corrected chi connectivity index (χ0v) is 9.94. The summed E-state index contributed by atoms with van der Waals surface area (Å²) >= 11 is 0. The maximum Gasteiger partial charge on any atom is 0.209 e. The Labute approximate surface area is 95.7 Å². The van der Waals surface area contributed by atoms with E-state index < -0.39 is 0 Å². The second-order valence-electron chi connectivity index (χ2n) is 3.70. The van der Waals surface area contributed by atoms with Crippen molar-refractivity contribution in [3.8, 4) is 0 Å². The molecule has 0 radical (unpaired) electrons. The van der Waals surface area contributed by atoms with Gasteiger partial charge in [0.25, 0.3) is 0 Å². The fourth-order valence-electron chi connectivity index (χ4n) is 1.95. The molecule has 0 aliphatic carbocycles. The van der Waals surface area contributed by atoms with Gasteiger partial charge < -0.3 is 10.6 Å². The van der Waals surface area contributed by atoms with E-state index >= 15 is 0 Å². The molecular weight excluding hydrogens is 201 g/mol. The Hall–Kier alpha value is -1.72. The lowest BCUT2D eigenvalue weighted by Crippen LogP contribution is -2.24. The highest BCUT2D eigenvalue weighted by molar-refractivity contribution is 6.36. The van der Waals surface area contributed by atoms with E-state index in [-0.39, 0.29) is 0 Å². The smallest absolute Gasteiger partial charge is 0.209 e. The minimum absolute atomic E-state index is 0.533. The monoisotopic (exact) mass is 217 g/mol. The fourth-order valence-corrected chi connectivity index (χ4v) is 1.95. The summed E-state index contributed by atoms with van der Waals surface area (Å²) in [6, 6.07) is 0. The van der Waals surface area contributed by atoms with Gasteiger partial charge in [-0.2, -0.15) is 0 Å². The van der Waals surface area contributed by atoms with E-state index in [0.717, 1.165) is 30.1 Å². The van der Waals surface area contributed by atoms with Gasteiger partial charge in [0.1, 0.15) is 11.3 Å². The summed E-state index contributed by atoms with van der Waals surface area (Å²) < 4.78 is 2.00. The van der Waals surface area contributed by atoms with Crippen LogP contribution in [0.15, 0.2) is 12.4 Å². The molecule has 2 aromatic rings. The van der Waals surface area contributed by atoms with E-state index in [9.17, 15) is 0 Å². The molecule has 0 amide bonds. The first-order chi connectivity index (χ1) is 7.69. The first kappa shape index (κ1) is 10.8. The largest absolute Gasteiger partial charge is 0.382 e. The van der Waals surface area contributed by atoms with Crippen molar-refractivity contribution < 1.29 is 0 Å². The fraction of sp³-hybridized carbons (Fsp3) is 0.400. The number of imidazole rings is 1. The van der Waals surface area contributed by atoms with Crippen molar-refractivity contribution in [3.05, 3.63) is 12.4 Å². The van der Waals surface area contributed by atoms with E-state index in [1.54, 1.807) is 6.20 Å². The quantitative estimate of drug-likeness (QED) is 0.698. The van der Waals surface area contributed by atoms with Crippen molar-refractivity contribution in [2.45, 2.75) is 13.8 Å². The lowest BCUT2D eigenvalue weighted by Gasteiger charge is -2.18. The highest BCUT2D eigenvalue weighted by Gasteiger charge is 2.14. The summed E-state index contributed by atoms with van der Waals surface area (Å²) in [6.45, 7) is 6.09. The van der Waals surface area contributed by atoms with Crippen LogP contribution < -0.4 is 16.2 Å². The van der Waals surface area contributed by atoms with Crippen LogP contribution in [-0.2, 0) is 0 Å². The predicted molar refractivity (Wildman–Crippen MR) is 69.1 cm³/mol. The van der Waals surface area contributed by atoms with Crippen molar-refractivity contribution in [2.24, 2.45) is 0 Å². The summed E-state index contributed by atoms with van der Waals surface area (Å²) in [6.07, 6.45) is 3.61. The number of hydrogen-bond acceptors (Lipinski definition) is 4. The molecule has 2 aromatic heterocycles. The van der Waals surface area contributed by atoms with Crippen LogP contribution in [0.5, 0.6) is 0 Å². The van der Waals surface area contributed by atoms with Crippen LogP contribution in [0.25, 0.3) is 5.52 Å². The number of aromatic nitrogens is 3. The van der Waals surface area contributed by atoms with E-state index in [1.165, 1.54) is 0 Å². The molecule has 0 atom stereocenters. The molecular formula is C10H16BN5. The van der Waals surface area contributed by atoms with Crippen LogP contribution in [0.4, 0.5) is 11.8 Å². The molecule has 0 saturated heterocycles. The van der Waals surface area contributed by atoms with E-state index in [1.807, 2.05) is 18.4 Å². The molecule has 0 bridgehead atoms. The maximum absolute atomic E-state index is 5.86. The van der Waals surface area contributed by atoms with Crippen molar-refractivity contribution in [1.29, 1.82) is 0 Å². The standard InChI is InChI=1S/C10H16BN5/c1-3-15(4-2)10-14-8(11)7-9(12)13-5-6-16(7)10/h5-6H,3-4,11H2,1-2H3,(H2,12,13). The van der Waals surface area contributed by atoms with Gasteiger partial charge in [-0.05, 0) is 13.8 Å². The Morgan fingerprint density at radius 1 is 1.44 bits per heavy atom. The number of nitrogens with zero attached hydrogens (tertiary/aromatic N) is 4. The Kier molecular flexibility index (Phi) is 2.72. The van der Waals surface area contributed by atoms with Gasteiger partial charge in [0, 0.05) is 31.1 Å². The van der Waals surface area contributed by atoms with Crippen molar-refractivity contribution in [2.75, 3.05) is 23.7 Å². The number of rotatable bonds is 3. The summed E-state index contributed by atoms with van der Waals surface area (Å²) in [5.41, 5.74) is 7.69. The molecule has 6 heteroatoms. The molecule has 2 N–H and O–H groups in total. The van der Waals surface area contributed by atoms with Crippen LogP contribution in [0.1, 0.15) is 13.8 Å². The summed E-state index contributed by atoms with van der Waals surface area (Å²) in [4.78, 5) is 10.8. The molecule has 0 unspecified atom stereocenters. The third-order valence-electron chi connectivity index (χ3n) is 2.79. The molecule has 16 heavy (non-hydrogen) atoms. The maximum atomic E-state index is 5.86. The number of nitrogen functional groups attached to an aromatic ring is 1. The summed E-state index contributed by atoms with van der Waals surface area (Å²) in [7, 11) is 1.96. The van der Waals surface area contributed by atoms with Gasteiger partial charge in [-0.25, -0.2) is 9.97 Å². The Bertz CT molecular complexity index is 503. The van der Waals surface area contributed by atoms with Gasteiger partial charge in [0.05, 0.1) is 0 Å². The van der Waals surface area contributed by atoms with Gasteiger partial charge in [0.2, 0.25) is 5.95 Å². The van der Waals surface area contributed by atoms with E-state index in [0.29, 0.717) is 5.82 Å². The lowest BCUT2D eigenvalue weighted by atomic mass is 10.0. The zero-order valence-electron chi connectivity index (χ0n) is 9.94. The van der Waals surface area contributed by atoms with Crippen LogP contribution in [0.3, 0.4) is 0 Å². The molecule has 0 aliphatic rings. The second kappa shape index (κ2) is 4.04. The molecule has 0 spiro atoms. The molecule has 0 saturated carbocycles. The Balaban J connectivity index is 2.68. The third-order valence-corrected chi connectivity index (χ3v) is 2.79. The first-order valence-electron chi connectivity index (χ1n) is 5.53. The number of anilines is 2. The van der Waals surface area contributed by atoms with Gasteiger partial charge in [-0.15, -0.1) is 0 Å². The minimum atomic E-state index is 0.533. The molecule has 84 valence electrons. The summed E-state index contributed by atoms with van der Waals surface area (Å²) in [5, 5.41) is 0. The van der Waals surface area contributed by atoms with E-state index in [2.05, 4.69) is 28.7 Å². The van der Waals surface area contributed by atoms with Gasteiger partial charge >= 0.3 is 0 Å². The third kappa shape index (κ3) is 1.50. The lowest BCUT2D eigenvalue weighted by molar-refractivity contribution is 0.819. The topological polar surface area (TPSA) is 59.5 Å². The highest BCUT2D eigenvalue weighted by Crippen LogP contribution is 2.16. The first-order valence-corrected chi connectivity index (χ1v) is 5.53. The van der Waals surface area contributed by atoms with Gasteiger partial charge in [-0.1, -0.05) is 0 Å². The van der Waals surface area contributed by atoms with E-state index in [4.69, 9.17) is 5.73 Å². The predicted octanol–water partition coefficient (Wildman–Crippen LogP) is -0.584.